The largest absolute Gasteiger partial charge is 0.480 e. The Kier molecular flexibility index (Phi) is 4.48. The summed E-state index contributed by atoms with van der Waals surface area (Å²) in [5, 5.41) is 11.8. The Balaban J connectivity index is 2.46. The number of alkyl halides is 3. The standard InChI is InChI=1S/C13H10BrF3N2O2/c14-9-4-3-8(10-7(9)2-1-5-18-10)11(12(20)21)19-6-13(15,16)17/h1-5,11,19H,6H2,(H,20,21). The number of benzene rings is 1. The van der Waals surface area contributed by atoms with Crippen molar-refractivity contribution in [3.63, 3.8) is 0 Å². The monoisotopic (exact) mass is 362 g/mol. The van der Waals surface area contributed by atoms with Crippen molar-refractivity contribution >= 4 is 32.8 Å². The van der Waals surface area contributed by atoms with Crippen molar-refractivity contribution in [3.05, 3.63) is 40.5 Å². The van der Waals surface area contributed by atoms with Crippen LogP contribution in [0.4, 0.5) is 13.2 Å². The van der Waals surface area contributed by atoms with E-state index in [2.05, 4.69) is 20.9 Å². The molecule has 0 aliphatic rings. The van der Waals surface area contributed by atoms with Gasteiger partial charge < -0.3 is 5.11 Å². The number of hydrogen-bond donors (Lipinski definition) is 2. The fourth-order valence-electron chi connectivity index (χ4n) is 1.94. The first-order valence-corrected chi connectivity index (χ1v) is 6.65. The van der Waals surface area contributed by atoms with E-state index in [9.17, 15) is 23.1 Å². The molecule has 1 atom stereocenters. The van der Waals surface area contributed by atoms with Crippen molar-refractivity contribution < 1.29 is 23.1 Å². The summed E-state index contributed by atoms with van der Waals surface area (Å²) < 4.78 is 37.6. The number of nitrogens with zero attached hydrogens (tertiary/aromatic N) is 1. The Morgan fingerprint density at radius 1 is 1.38 bits per heavy atom. The minimum absolute atomic E-state index is 0.186. The molecule has 1 aromatic carbocycles. The summed E-state index contributed by atoms with van der Waals surface area (Å²) in [6.45, 7) is -1.39. The summed E-state index contributed by atoms with van der Waals surface area (Å²) in [5.74, 6) is -1.39. The number of aromatic nitrogens is 1. The molecule has 0 radical (unpaired) electrons. The topological polar surface area (TPSA) is 62.2 Å². The van der Waals surface area contributed by atoms with Crippen molar-refractivity contribution in [2.75, 3.05) is 6.54 Å². The predicted octanol–water partition coefficient (Wildman–Crippen LogP) is 3.27. The smallest absolute Gasteiger partial charge is 0.401 e. The van der Waals surface area contributed by atoms with Gasteiger partial charge in [0, 0.05) is 21.6 Å². The lowest BCUT2D eigenvalue weighted by Gasteiger charge is -2.18. The van der Waals surface area contributed by atoms with Crippen LogP contribution >= 0.6 is 15.9 Å². The number of nitrogens with one attached hydrogen (secondary N) is 1. The third kappa shape index (κ3) is 3.70. The molecule has 2 N–H and O–H groups in total. The molecular weight excluding hydrogens is 353 g/mol. The zero-order valence-electron chi connectivity index (χ0n) is 10.5. The first-order valence-electron chi connectivity index (χ1n) is 5.85. The van der Waals surface area contributed by atoms with Gasteiger partial charge in [-0.2, -0.15) is 13.2 Å². The second-order valence-corrected chi connectivity index (χ2v) is 5.16. The van der Waals surface area contributed by atoms with E-state index in [4.69, 9.17) is 0 Å². The quantitative estimate of drug-likeness (QED) is 0.876. The van der Waals surface area contributed by atoms with Gasteiger partial charge in [0.2, 0.25) is 0 Å². The molecule has 0 saturated carbocycles. The SMILES string of the molecule is O=C(O)C(NCC(F)(F)F)c1ccc(Br)c2cccnc12. The Bertz CT molecular complexity index is 676. The van der Waals surface area contributed by atoms with Gasteiger partial charge in [-0.25, -0.2) is 0 Å². The molecule has 2 aromatic rings. The van der Waals surface area contributed by atoms with E-state index >= 15 is 0 Å². The van der Waals surface area contributed by atoms with Crippen molar-refractivity contribution in [2.45, 2.75) is 12.2 Å². The lowest BCUT2D eigenvalue weighted by Crippen LogP contribution is -2.36. The molecule has 1 unspecified atom stereocenters. The van der Waals surface area contributed by atoms with E-state index in [1.54, 1.807) is 18.2 Å². The number of halogens is 4. The van der Waals surface area contributed by atoms with Crippen LogP contribution in [0.1, 0.15) is 11.6 Å². The fourth-order valence-corrected chi connectivity index (χ4v) is 2.39. The van der Waals surface area contributed by atoms with Crippen LogP contribution in [0.15, 0.2) is 34.9 Å². The van der Waals surface area contributed by atoms with Crippen molar-refractivity contribution in [2.24, 2.45) is 0 Å². The average molecular weight is 363 g/mol. The predicted molar refractivity (Wildman–Crippen MR) is 73.9 cm³/mol. The number of carboxylic acid groups (broad SMARTS) is 1. The molecule has 0 amide bonds. The second-order valence-electron chi connectivity index (χ2n) is 4.30. The highest BCUT2D eigenvalue weighted by Crippen LogP contribution is 2.29. The van der Waals surface area contributed by atoms with Gasteiger partial charge in [-0.05, 0) is 12.1 Å². The lowest BCUT2D eigenvalue weighted by molar-refractivity contribution is -0.143. The summed E-state index contributed by atoms with van der Waals surface area (Å²) in [4.78, 5) is 15.4. The number of aliphatic carboxylic acids is 1. The first kappa shape index (κ1) is 15.7. The molecule has 0 bridgehead atoms. The van der Waals surface area contributed by atoms with Crippen molar-refractivity contribution in [3.8, 4) is 0 Å². The third-order valence-electron chi connectivity index (χ3n) is 2.81. The molecule has 1 aromatic heterocycles. The van der Waals surface area contributed by atoms with E-state index in [0.29, 0.717) is 15.4 Å². The van der Waals surface area contributed by atoms with Gasteiger partial charge in [-0.1, -0.05) is 28.1 Å². The first-order chi connectivity index (χ1) is 9.79. The van der Waals surface area contributed by atoms with E-state index in [-0.39, 0.29) is 5.56 Å². The Morgan fingerprint density at radius 3 is 2.71 bits per heavy atom. The van der Waals surface area contributed by atoms with E-state index in [0.717, 1.165) is 0 Å². The Hall–Kier alpha value is -1.67. The lowest BCUT2D eigenvalue weighted by atomic mass is 10.0. The number of carbonyl (C=O) groups is 1. The van der Waals surface area contributed by atoms with Crippen molar-refractivity contribution in [1.82, 2.24) is 10.3 Å². The molecular formula is C13H10BrF3N2O2. The van der Waals surface area contributed by atoms with Crippen LogP contribution in [0.3, 0.4) is 0 Å². The fraction of sp³-hybridized carbons (Fsp3) is 0.231. The van der Waals surface area contributed by atoms with Gasteiger partial charge in [0.05, 0.1) is 12.1 Å². The molecule has 21 heavy (non-hydrogen) atoms. The van der Waals surface area contributed by atoms with Gasteiger partial charge in [0.25, 0.3) is 0 Å². The molecule has 4 nitrogen and oxygen atoms in total. The molecule has 0 aliphatic heterocycles. The van der Waals surface area contributed by atoms with E-state index < -0.39 is 24.7 Å². The molecule has 0 fully saturated rings. The summed E-state index contributed by atoms with van der Waals surface area (Å²) in [6, 6.07) is 4.91. The van der Waals surface area contributed by atoms with Gasteiger partial charge in [0.1, 0.15) is 6.04 Å². The van der Waals surface area contributed by atoms with Crippen LogP contribution in [0.2, 0.25) is 0 Å². The van der Waals surface area contributed by atoms with Gasteiger partial charge in [-0.15, -0.1) is 0 Å². The molecule has 0 spiro atoms. The summed E-state index contributed by atoms with van der Waals surface area (Å²) in [5.41, 5.74) is 0.527. The zero-order chi connectivity index (χ0) is 15.6. The summed E-state index contributed by atoms with van der Waals surface area (Å²) in [7, 11) is 0. The van der Waals surface area contributed by atoms with Crippen LogP contribution in [-0.2, 0) is 4.79 Å². The maximum atomic E-state index is 12.3. The van der Waals surface area contributed by atoms with Crippen LogP contribution in [0, 0.1) is 0 Å². The number of rotatable bonds is 4. The summed E-state index contributed by atoms with van der Waals surface area (Å²) in [6.07, 6.45) is -3.03. The van der Waals surface area contributed by atoms with Crippen LogP contribution in [-0.4, -0.2) is 28.8 Å². The molecule has 8 heteroatoms. The van der Waals surface area contributed by atoms with Gasteiger partial charge in [-0.3, -0.25) is 15.1 Å². The Labute approximate surface area is 126 Å². The maximum absolute atomic E-state index is 12.3. The van der Waals surface area contributed by atoms with Crippen LogP contribution in [0.5, 0.6) is 0 Å². The van der Waals surface area contributed by atoms with E-state index in [1.165, 1.54) is 12.3 Å². The molecule has 2 rings (SSSR count). The van der Waals surface area contributed by atoms with Gasteiger partial charge in [0.15, 0.2) is 0 Å². The maximum Gasteiger partial charge on any atom is 0.401 e. The van der Waals surface area contributed by atoms with E-state index in [1.807, 2.05) is 5.32 Å². The highest BCUT2D eigenvalue weighted by atomic mass is 79.9. The zero-order valence-corrected chi connectivity index (χ0v) is 12.1. The van der Waals surface area contributed by atoms with Crippen LogP contribution in [0.25, 0.3) is 10.9 Å². The number of fused-ring (bicyclic) bond motifs is 1. The minimum atomic E-state index is -4.49. The summed E-state index contributed by atoms with van der Waals surface area (Å²) >= 11 is 3.30. The molecule has 0 saturated heterocycles. The highest BCUT2D eigenvalue weighted by Gasteiger charge is 2.31. The Morgan fingerprint density at radius 2 is 2.10 bits per heavy atom. The molecule has 112 valence electrons. The minimum Gasteiger partial charge on any atom is -0.480 e. The molecule has 0 aliphatic carbocycles. The van der Waals surface area contributed by atoms with Crippen molar-refractivity contribution in [1.29, 1.82) is 0 Å². The van der Waals surface area contributed by atoms with Gasteiger partial charge >= 0.3 is 12.1 Å². The average Bonchev–Trinajstić information content (AvgIpc) is 2.40. The number of hydrogen-bond acceptors (Lipinski definition) is 3. The normalized spacial score (nSPS) is 13.3. The molecule has 1 heterocycles. The third-order valence-corrected chi connectivity index (χ3v) is 3.50. The number of carboxylic acids is 1. The second kappa shape index (κ2) is 5.98. The number of pyridine rings is 1. The van der Waals surface area contributed by atoms with Crippen LogP contribution < -0.4 is 5.32 Å². The highest BCUT2D eigenvalue weighted by molar-refractivity contribution is 9.10.